The normalized spacial score (nSPS) is 26.0. The zero-order valence-corrected chi connectivity index (χ0v) is 13.8. The van der Waals surface area contributed by atoms with Gasteiger partial charge in [0.1, 0.15) is 0 Å². The van der Waals surface area contributed by atoms with Crippen LogP contribution in [0.3, 0.4) is 0 Å². The Morgan fingerprint density at radius 2 is 1.75 bits per heavy atom. The van der Waals surface area contributed by atoms with Gasteiger partial charge < -0.3 is 19.5 Å². The number of nitrogens with one attached hydrogen (secondary N) is 1. The monoisotopic (exact) mass is 333 g/mol. The number of hydrogen-bond acceptors (Lipinski definition) is 7. The Bertz CT molecular complexity index is 697. The third-order valence-electron chi connectivity index (χ3n) is 4.66. The maximum atomic E-state index is 12.9. The average Bonchev–Trinajstić information content (AvgIpc) is 2.70. The molecular formula is C17H19NO6. The number of benzene rings is 1. The third kappa shape index (κ3) is 1.81. The Kier molecular flexibility index (Phi) is 3.74. The molecule has 7 nitrogen and oxygen atoms in total. The molecule has 1 N–H and O–H groups in total. The number of hydrogen-bond donors (Lipinski definition) is 1. The first-order valence-electron chi connectivity index (χ1n) is 7.86. The SMILES string of the molecule is CCOC(=O)C1(C(=O)OCC)[C@@H]2Nc3ccccc3[C@@]1(C)OC2=O. The van der Waals surface area contributed by atoms with E-state index in [1.165, 1.54) is 0 Å². The van der Waals surface area contributed by atoms with Crippen molar-refractivity contribution in [1.29, 1.82) is 0 Å². The van der Waals surface area contributed by atoms with Gasteiger partial charge in [-0.25, -0.2) is 4.79 Å². The van der Waals surface area contributed by atoms with Crippen molar-refractivity contribution in [2.75, 3.05) is 18.5 Å². The van der Waals surface area contributed by atoms with Gasteiger partial charge in [0, 0.05) is 11.3 Å². The van der Waals surface area contributed by atoms with Gasteiger partial charge in [-0.3, -0.25) is 9.59 Å². The number of para-hydroxylation sites is 1. The minimum absolute atomic E-state index is 0.0681. The van der Waals surface area contributed by atoms with E-state index in [0.717, 1.165) is 0 Å². The zero-order chi connectivity index (χ0) is 17.5. The quantitative estimate of drug-likeness (QED) is 0.505. The van der Waals surface area contributed by atoms with Crippen molar-refractivity contribution < 1.29 is 28.6 Å². The van der Waals surface area contributed by atoms with Gasteiger partial charge in [-0.15, -0.1) is 0 Å². The molecule has 0 saturated carbocycles. The van der Waals surface area contributed by atoms with Crippen molar-refractivity contribution in [2.24, 2.45) is 5.41 Å². The number of ether oxygens (including phenoxy) is 3. The molecule has 1 aromatic rings. The summed E-state index contributed by atoms with van der Waals surface area (Å²) in [5, 5.41) is 2.96. The van der Waals surface area contributed by atoms with E-state index in [-0.39, 0.29) is 13.2 Å². The van der Waals surface area contributed by atoms with Crippen LogP contribution in [0, 0.1) is 5.41 Å². The van der Waals surface area contributed by atoms with Gasteiger partial charge in [0.2, 0.25) is 5.41 Å². The minimum atomic E-state index is -1.93. The molecule has 0 aliphatic carbocycles. The third-order valence-corrected chi connectivity index (χ3v) is 4.66. The first-order chi connectivity index (χ1) is 11.4. The van der Waals surface area contributed by atoms with Gasteiger partial charge in [0.05, 0.1) is 13.2 Å². The lowest BCUT2D eigenvalue weighted by Gasteiger charge is -2.43. The van der Waals surface area contributed by atoms with Crippen LogP contribution in [-0.2, 0) is 34.2 Å². The predicted molar refractivity (Wildman–Crippen MR) is 83.0 cm³/mol. The maximum absolute atomic E-state index is 12.9. The number of fused-ring (bicyclic) bond motifs is 4. The standard InChI is InChI=1S/C17H19NO6/c1-4-22-14(20)17(15(21)23-5-2)12-13(19)24-16(17,3)10-8-6-7-9-11(10)18-12/h6-9,12,18H,4-5H2,1-3H3/t12-,16-/m1/s1. The molecule has 2 bridgehead atoms. The van der Waals surface area contributed by atoms with Crippen LogP contribution in [0.2, 0.25) is 0 Å². The Morgan fingerprint density at radius 1 is 1.17 bits per heavy atom. The fraction of sp³-hybridized carbons (Fsp3) is 0.471. The van der Waals surface area contributed by atoms with Gasteiger partial charge >= 0.3 is 17.9 Å². The molecule has 2 aliphatic heterocycles. The van der Waals surface area contributed by atoms with Gasteiger partial charge in [-0.05, 0) is 26.8 Å². The Balaban J connectivity index is 2.27. The molecule has 128 valence electrons. The second-order valence-electron chi connectivity index (χ2n) is 5.83. The summed E-state index contributed by atoms with van der Waals surface area (Å²) in [6.45, 7) is 4.96. The molecule has 1 fully saturated rings. The molecular weight excluding hydrogens is 314 g/mol. The first kappa shape index (κ1) is 16.3. The van der Waals surface area contributed by atoms with E-state index in [1.54, 1.807) is 45.0 Å². The fourth-order valence-corrected chi connectivity index (χ4v) is 3.61. The van der Waals surface area contributed by atoms with E-state index in [1.807, 2.05) is 0 Å². The number of rotatable bonds is 4. The number of carbonyl (C=O) groups is 3. The lowest BCUT2D eigenvalue weighted by atomic mass is 9.64. The lowest BCUT2D eigenvalue weighted by Crippen LogP contribution is -2.63. The van der Waals surface area contributed by atoms with Crippen molar-refractivity contribution in [2.45, 2.75) is 32.4 Å². The average molecular weight is 333 g/mol. The van der Waals surface area contributed by atoms with Crippen molar-refractivity contribution in [3.8, 4) is 0 Å². The van der Waals surface area contributed by atoms with Crippen LogP contribution in [0.15, 0.2) is 24.3 Å². The summed E-state index contributed by atoms with van der Waals surface area (Å²) in [5.74, 6) is -2.34. The van der Waals surface area contributed by atoms with Crippen LogP contribution in [0.4, 0.5) is 5.69 Å². The van der Waals surface area contributed by atoms with Gasteiger partial charge in [0.25, 0.3) is 0 Å². The Labute approximate surface area is 139 Å². The molecule has 0 unspecified atom stereocenters. The minimum Gasteiger partial charge on any atom is -0.465 e. The fourth-order valence-electron chi connectivity index (χ4n) is 3.61. The second kappa shape index (κ2) is 5.51. The summed E-state index contributed by atoms with van der Waals surface area (Å²) in [4.78, 5) is 38.2. The molecule has 1 aromatic carbocycles. The molecule has 0 radical (unpaired) electrons. The Morgan fingerprint density at radius 3 is 2.33 bits per heavy atom. The number of anilines is 1. The number of esters is 3. The van der Waals surface area contributed by atoms with E-state index in [4.69, 9.17) is 14.2 Å². The van der Waals surface area contributed by atoms with Crippen LogP contribution in [0.25, 0.3) is 0 Å². The largest absolute Gasteiger partial charge is 0.465 e. The summed E-state index contributed by atoms with van der Waals surface area (Å²) in [6, 6.07) is 5.82. The van der Waals surface area contributed by atoms with Crippen LogP contribution >= 0.6 is 0 Å². The highest BCUT2D eigenvalue weighted by molar-refractivity contribution is 6.11. The van der Waals surface area contributed by atoms with E-state index < -0.39 is 35.0 Å². The highest BCUT2D eigenvalue weighted by Gasteiger charge is 2.78. The van der Waals surface area contributed by atoms with Crippen LogP contribution < -0.4 is 5.32 Å². The van der Waals surface area contributed by atoms with Gasteiger partial charge in [0.15, 0.2) is 11.6 Å². The molecule has 0 amide bonds. The van der Waals surface area contributed by atoms with Crippen molar-refractivity contribution >= 4 is 23.6 Å². The van der Waals surface area contributed by atoms with Crippen LogP contribution in [-0.4, -0.2) is 37.2 Å². The molecule has 0 spiro atoms. The second-order valence-corrected chi connectivity index (χ2v) is 5.83. The molecule has 7 heteroatoms. The van der Waals surface area contributed by atoms with Crippen molar-refractivity contribution in [1.82, 2.24) is 0 Å². The maximum Gasteiger partial charge on any atom is 0.331 e. The van der Waals surface area contributed by atoms with Gasteiger partial charge in [-0.2, -0.15) is 0 Å². The molecule has 3 rings (SSSR count). The van der Waals surface area contributed by atoms with Crippen molar-refractivity contribution in [3.05, 3.63) is 29.8 Å². The molecule has 24 heavy (non-hydrogen) atoms. The van der Waals surface area contributed by atoms with Gasteiger partial charge in [-0.1, -0.05) is 18.2 Å². The van der Waals surface area contributed by atoms with Crippen LogP contribution in [0.5, 0.6) is 0 Å². The molecule has 2 heterocycles. The molecule has 1 saturated heterocycles. The highest BCUT2D eigenvalue weighted by atomic mass is 16.6. The number of carbonyl (C=O) groups excluding carboxylic acids is 3. The first-order valence-corrected chi connectivity index (χ1v) is 7.86. The van der Waals surface area contributed by atoms with E-state index in [0.29, 0.717) is 11.3 Å². The van der Waals surface area contributed by atoms with Crippen molar-refractivity contribution in [3.63, 3.8) is 0 Å². The lowest BCUT2D eigenvalue weighted by molar-refractivity contribution is -0.187. The molecule has 0 aromatic heterocycles. The summed E-state index contributed by atoms with van der Waals surface area (Å²) in [6.07, 6.45) is 0. The topological polar surface area (TPSA) is 90.9 Å². The zero-order valence-electron chi connectivity index (χ0n) is 13.8. The summed E-state index contributed by atoms with van der Waals surface area (Å²) < 4.78 is 15.8. The highest BCUT2D eigenvalue weighted by Crippen LogP contribution is 2.58. The molecule has 2 atom stereocenters. The molecule has 2 aliphatic rings. The smallest absolute Gasteiger partial charge is 0.331 e. The summed E-state index contributed by atoms with van der Waals surface area (Å²) >= 11 is 0. The van der Waals surface area contributed by atoms with Crippen LogP contribution in [0.1, 0.15) is 26.3 Å². The Hall–Kier alpha value is -2.57. The van der Waals surface area contributed by atoms with E-state index in [9.17, 15) is 14.4 Å². The predicted octanol–water partition coefficient (Wildman–Crippen LogP) is 1.37. The summed E-state index contributed by atoms with van der Waals surface area (Å²) in [5.41, 5.74) is -2.26. The van der Waals surface area contributed by atoms with E-state index >= 15 is 0 Å². The van der Waals surface area contributed by atoms with E-state index in [2.05, 4.69) is 5.32 Å². The summed E-state index contributed by atoms with van der Waals surface area (Å²) in [7, 11) is 0.